The van der Waals surface area contributed by atoms with Crippen LogP contribution in [0.1, 0.15) is 165 Å². The SMILES string of the molecule is Brc1ccc(Oc2ccc(C3CC3)cn2)cc1.C.CC1(C)OB(B2OC(C)(C)C(C)(C)O2)OC1(C)C.CC1(C)OB(c2ccc(Oc3ccc(C4CC4)cn3)cc2)OC1(C)C.Clc1ccc(C2CC2)cn1.O=CO[O-].Oc1ccc(Br)cc1.[Cs+].[Cs+].[H-]. The van der Waals surface area contributed by atoms with Crippen molar-refractivity contribution in [2.45, 2.75) is 180 Å². The summed E-state index contributed by atoms with van der Waals surface area (Å²) in [6, 6.07) is 34.4. The smallest absolute Gasteiger partial charge is 1.00 e. The summed E-state index contributed by atoms with van der Waals surface area (Å²) in [6.45, 7) is 24.3. The minimum absolute atomic E-state index is 0. The van der Waals surface area contributed by atoms with Crippen molar-refractivity contribution in [3.63, 3.8) is 0 Å². The molecule has 3 aliphatic heterocycles. The van der Waals surface area contributed by atoms with E-state index in [9.17, 15) is 0 Å². The second-order valence-corrected chi connectivity index (χ2v) is 26.0. The molecule has 3 saturated carbocycles. The number of nitrogens with zero attached hydrogens (tertiary/aromatic N) is 3. The van der Waals surface area contributed by atoms with Crippen molar-refractivity contribution < 1.29 is 197 Å². The molecule has 0 radical (unpaired) electrons. The summed E-state index contributed by atoms with van der Waals surface area (Å²) in [4.78, 5) is 24.0. The van der Waals surface area contributed by atoms with E-state index in [0.29, 0.717) is 28.6 Å². The Hall–Kier alpha value is -0.751. The number of halogens is 3. The van der Waals surface area contributed by atoms with Crippen LogP contribution in [-0.2, 0) is 37.6 Å². The first-order chi connectivity index (χ1) is 38.6. The fraction of sp³-hybridized carbons (Fsp3) is 0.452. The molecular weight excluding hydrogens is 1470 g/mol. The van der Waals surface area contributed by atoms with Gasteiger partial charge < -0.3 is 54.1 Å². The van der Waals surface area contributed by atoms with E-state index in [0.717, 1.165) is 37.7 Å². The number of rotatable bonds is 10. The zero-order chi connectivity index (χ0) is 59.7. The molecule has 1 N–H and O–H groups in total. The molecule has 0 spiro atoms. The molecule has 3 saturated heterocycles. The molecule has 15 nitrogen and oxygen atoms in total. The molecule has 0 bridgehead atoms. The van der Waals surface area contributed by atoms with Gasteiger partial charge in [0.1, 0.15) is 22.4 Å². The Morgan fingerprint density at radius 3 is 1.11 bits per heavy atom. The zero-order valence-electron chi connectivity index (χ0n) is 51.8. The molecule has 3 aliphatic carbocycles. The summed E-state index contributed by atoms with van der Waals surface area (Å²) in [5.41, 5.74) is 2.86. The van der Waals surface area contributed by atoms with Gasteiger partial charge in [0.05, 0.1) is 33.6 Å². The molecule has 446 valence electrons. The van der Waals surface area contributed by atoms with E-state index < -0.39 is 14.0 Å². The minimum Gasteiger partial charge on any atom is -1.00 e. The third kappa shape index (κ3) is 23.1. The van der Waals surface area contributed by atoms with Crippen LogP contribution in [0.5, 0.6) is 29.0 Å². The van der Waals surface area contributed by atoms with Gasteiger partial charge in [-0.25, -0.2) is 15.0 Å². The number of carbonyl (C=O) groups excluding carboxylic acids is 1. The quantitative estimate of drug-likeness (QED) is 0.0452. The Kier molecular flexibility index (Phi) is 30.4. The van der Waals surface area contributed by atoms with Crippen LogP contribution < -0.4 is 158 Å². The Morgan fingerprint density at radius 2 is 0.824 bits per heavy atom. The van der Waals surface area contributed by atoms with E-state index in [4.69, 9.17) is 64.2 Å². The average Bonchev–Trinajstić information content (AvgIpc) is 1.91. The third-order valence-electron chi connectivity index (χ3n) is 15.7. The first-order valence-corrected chi connectivity index (χ1v) is 29.5. The Balaban J connectivity index is 0.000000285. The molecular formula is C62H79B3Br2ClCs2N3O12. The van der Waals surface area contributed by atoms with Crippen LogP contribution in [0.3, 0.4) is 0 Å². The van der Waals surface area contributed by atoms with Crippen LogP contribution in [0.4, 0.5) is 0 Å². The number of aromatic nitrogens is 3. The van der Waals surface area contributed by atoms with Gasteiger partial charge in [-0.15, -0.1) is 0 Å². The first kappa shape index (κ1) is 76.7. The number of carbonyl (C=O) groups is 1. The Bertz CT molecular complexity index is 2890. The number of phenols is 1. The molecule has 0 atom stereocenters. The maximum atomic E-state index is 8.74. The van der Waals surface area contributed by atoms with Gasteiger partial charge in [-0.3, -0.25) is 4.79 Å². The van der Waals surface area contributed by atoms with Crippen LogP contribution in [0.15, 0.2) is 137 Å². The summed E-state index contributed by atoms with van der Waals surface area (Å²) in [5, 5.41) is 17.8. The molecule has 3 aromatic carbocycles. The maximum Gasteiger partial charge on any atom is 1.00 e. The topological polar surface area (TPSA) is 182 Å². The van der Waals surface area contributed by atoms with Crippen molar-refractivity contribution in [2.75, 3.05) is 0 Å². The molecule has 6 heterocycles. The van der Waals surface area contributed by atoms with Gasteiger partial charge in [-0.1, -0.05) is 81.2 Å². The van der Waals surface area contributed by atoms with E-state index in [1.807, 2.05) is 141 Å². The molecule has 6 aromatic rings. The molecule has 85 heavy (non-hydrogen) atoms. The van der Waals surface area contributed by atoms with Crippen molar-refractivity contribution in [1.29, 1.82) is 0 Å². The normalized spacial score (nSPS) is 19.1. The standard InChI is InChI=1S/C20H24BNO3.C14H12BrNO.C12H24B2O4.C8H8ClN.C6H5BrO.CH2O3.CH4.2Cs.H/c1-19(2)20(3,4)25-21(24-19)16-8-10-17(11-9-16)23-18-12-7-15(13-22-18)14-5-6-14;15-12-4-6-13(7-5-12)17-14-8-3-11(9-16-14)10-1-2-10;1-9(2)10(3,4)16-13(15-9)14-17-11(5,6)12(7,8)18-14;9-8-4-3-7(5-10-8)6-1-2-6;7-5-1-3-6(8)4-2-5;2-1-4-3;;;;/h7-14H,5-6H2,1-4H3;3-10H,1-2H2;1-8H3;3-6H,1-2H2;1-4,8H;1,3H;1H4;;;/q;;;;;;;2*+1;-1/p-1. The van der Waals surface area contributed by atoms with Crippen molar-refractivity contribution in [3.05, 3.63) is 159 Å². The molecule has 0 amide bonds. The van der Waals surface area contributed by atoms with Gasteiger partial charge in [0.2, 0.25) is 11.8 Å². The fourth-order valence-electron chi connectivity index (χ4n) is 8.12. The number of benzene rings is 3. The maximum absolute atomic E-state index is 8.74. The van der Waals surface area contributed by atoms with Gasteiger partial charge in [0.15, 0.2) is 0 Å². The average molecular weight is 1550 g/mol. The molecule has 12 rings (SSSR count). The number of ether oxygens (including phenoxy) is 2. The number of pyridine rings is 3. The summed E-state index contributed by atoms with van der Waals surface area (Å²) < 4.78 is 49.5. The summed E-state index contributed by atoms with van der Waals surface area (Å²) >= 11 is 12.3. The molecule has 3 aromatic heterocycles. The van der Waals surface area contributed by atoms with E-state index in [-0.39, 0.29) is 194 Å². The molecule has 6 aliphatic rings. The van der Waals surface area contributed by atoms with Gasteiger partial charge in [-0.2, -0.15) is 0 Å². The minimum atomic E-state index is -0.476. The first-order valence-electron chi connectivity index (χ1n) is 27.6. The second kappa shape index (κ2) is 33.7. The van der Waals surface area contributed by atoms with Crippen molar-refractivity contribution >= 4 is 76.5 Å². The molecule has 0 unspecified atom stereocenters. The largest absolute Gasteiger partial charge is 1.00 e. The van der Waals surface area contributed by atoms with Crippen LogP contribution in [-0.4, -0.2) is 81.3 Å². The van der Waals surface area contributed by atoms with E-state index >= 15 is 0 Å². The van der Waals surface area contributed by atoms with Gasteiger partial charge in [0, 0.05) is 39.7 Å². The van der Waals surface area contributed by atoms with E-state index in [2.05, 4.69) is 97.6 Å². The predicted octanol–water partition coefficient (Wildman–Crippen LogP) is 8.77. The van der Waals surface area contributed by atoms with Crippen molar-refractivity contribution in [1.82, 2.24) is 15.0 Å². The summed E-state index contributed by atoms with van der Waals surface area (Å²) in [7, 11) is -1.30. The number of hydrogen-bond acceptors (Lipinski definition) is 15. The van der Waals surface area contributed by atoms with Gasteiger partial charge in [0.25, 0.3) is 6.47 Å². The van der Waals surface area contributed by atoms with Crippen LogP contribution in [0.2, 0.25) is 5.15 Å². The number of aromatic hydroxyl groups is 1. The monoisotopic (exact) mass is 1550 g/mol. The Labute approximate surface area is 645 Å². The van der Waals surface area contributed by atoms with Crippen molar-refractivity contribution in [2.24, 2.45) is 0 Å². The van der Waals surface area contributed by atoms with E-state index in [1.54, 1.807) is 24.3 Å². The summed E-state index contributed by atoms with van der Waals surface area (Å²) in [6.07, 6.45) is 13.5. The van der Waals surface area contributed by atoms with Crippen LogP contribution >= 0.6 is 43.5 Å². The molecule has 23 heteroatoms. The summed E-state index contributed by atoms with van der Waals surface area (Å²) in [5.74, 6) is 5.36. The van der Waals surface area contributed by atoms with Gasteiger partial charge in [-0.05, 0) is 228 Å². The second-order valence-electron chi connectivity index (χ2n) is 23.8. The predicted molar refractivity (Wildman–Crippen MR) is 333 cm³/mol. The van der Waals surface area contributed by atoms with Crippen LogP contribution in [0, 0.1) is 0 Å². The number of phenolic OH excluding ortho intramolecular Hbond substituents is 1. The third-order valence-corrected chi connectivity index (χ3v) is 17.0. The fourth-order valence-corrected chi connectivity index (χ4v) is 8.76. The van der Waals surface area contributed by atoms with Crippen LogP contribution in [0.25, 0.3) is 0 Å². The molecule has 6 fully saturated rings. The number of hydrogen-bond donors (Lipinski definition) is 1. The Morgan fingerprint density at radius 1 is 0.518 bits per heavy atom. The van der Waals surface area contributed by atoms with Crippen molar-refractivity contribution in [3.8, 4) is 29.0 Å². The van der Waals surface area contributed by atoms with Gasteiger partial charge >= 0.3 is 159 Å². The zero-order valence-corrected chi connectivity index (χ0v) is 67.3. The van der Waals surface area contributed by atoms with E-state index in [1.165, 1.54) is 55.2 Å².